The number of aliphatic carboxylic acids is 1. The van der Waals surface area contributed by atoms with E-state index < -0.39 is 11.8 Å². The Hall–Kier alpha value is -3.67. The van der Waals surface area contributed by atoms with Gasteiger partial charge in [0.2, 0.25) is 5.88 Å². The van der Waals surface area contributed by atoms with E-state index in [0.717, 1.165) is 44.8 Å². The van der Waals surface area contributed by atoms with Crippen molar-refractivity contribution in [2.45, 2.75) is 57.9 Å². The molecule has 1 aromatic carbocycles. The van der Waals surface area contributed by atoms with Crippen LogP contribution in [0.15, 0.2) is 48.1 Å². The number of likely N-dealkylation sites (tertiary alicyclic amines) is 1. The number of nitrogens with zero attached hydrogens (tertiary/aromatic N) is 6. The van der Waals surface area contributed by atoms with Crippen LogP contribution in [0.5, 0.6) is 5.88 Å². The molecular weight excluding hydrogens is 551 g/mol. The lowest BCUT2D eigenvalue weighted by Crippen LogP contribution is -2.39. The summed E-state index contributed by atoms with van der Waals surface area (Å²) in [5, 5.41) is 9.80. The van der Waals surface area contributed by atoms with Gasteiger partial charge in [-0.15, -0.1) is 0 Å². The second kappa shape index (κ2) is 12.9. The van der Waals surface area contributed by atoms with Crippen molar-refractivity contribution < 1.29 is 23.8 Å². The van der Waals surface area contributed by atoms with Crippen molar-refractivity contribution in [3.8, 4) is 5.88 Å². The normalized spacial score (nSPS) is 18.2. The molecule has 0 spiro atoms. The van der Waals surface area contributed by atoms with Crippen molar-refractivity contribution in [1.29, 1.82) is 0 Å². The van der Waals surface area contributed by atoms with Crippen molar-refractivity contribution in [3.05, 3.63) is 76.9 Å². The van der Waals surface area contributed by atoms with Gasteiger partial charge in [-0.2, -0.15) is 4.98 Å². The molecule has 5 rings (SSSR count). The lowest BCUT2D eigenvalue weighted by atomic mass is 10.1. The molecule has 2 saturated heterocycles. The summed E-state index contributed by atoms with van der Waals surface area (Å²) >= 11 is 5.85. The monoisotopic (exact) mass is 582 g/mol. The third kappa shape index (κ3) is 7.16. The second-order valence-electron chi connectivity index (χ2n) is 10.2. The smallest absolute Gasteiger partial charge is 0.354 e. The maximum Gasteiger partial charge on any atom is 0.354 e. The van der Waals surface area contributed by atoms with Crippen LogP contribution in [0.4, 0.5) is 10.2 Å². The highest BCUT2D eigenvalue weighted by Gasteiger charge is 2.27. The standard InChI is InChI=1S/C29H32ClFN6O4/c1-3-24(29(38)39)34-28-18(2)33-26(37(28)16-22-9-13-40-22)17-36-11-7-21(8-12-36)41-27-6-10-32-25(35-27)14-19-4-5-20(30)15-23(19)31/h3-6,10,15,21-22H,1,7-9,11-14,16-17H2,2H3,(H,38,39)/t22-/m0/s1. The van der Waals surface area contributed by atoms with E-state index in [2.05, 4.69) is 26.4 Å². The van der Waals surface area contributed by atoms with Crippen LogP contribution in [0.2, 0.25) is 5.02 Å². The summed E-state index contributed by atoms with van der Waals surface area (Å²) in [6, 6.07) is 6.27. The fraction of sp³-hybridized carbons (Fsp3) is 0.414. The van der Waals surface area contributed by atoms with E-state index in [9.17, 15) is 14.3 Å². The predicted molar refractivity (Wildman–Crippen MR) is 151 cm³/mol. The molecule has 0 amide bonds. The second-order valence-corrected chi connectivity index (χ2v) is 10.6. The number of ether oxygens (including phenoxy) is 2. The average molecular weight is 583 g/mol. The van der Waals surface area contributed by atoms with Gasteiger partial charge in [-0.3, -0.25) is 4.90 Å². The number of aromatic nitrogens is 4. The van der Waals surface area contributed by atoms with E-state index in [0.29, 0.717) is 46.9 Å². The number of rotatable bonds is 11. The van der Waals surface area contributed by atoms with Gasteiger partial charge in [-0.25, -0.2) is 24.1 Å². The van der Waals surface area contributed by atoms with Crippen LogP contribution >= 0.6 is 11.6 Å². The summed E-state index contributed by atoms with van der Waals surface area (Å²) in [5.41, 5.74) is 1.01. The number of halogens is 2. The number of aliphatic imine (C=N–C) groups is 1. The minimum absolute atomic E-state index is 0.0167. The molecule has 41 heavy (non-hydrogen) atoms. The molecular formula is C29H32ClFN6O4. The molecule has 0 radical (unpaired) electrons. The molecule has 4 heterocycles. The molecule has 0 aliphatic carbocycles. The van der Waals surface area contributed by atoms with E-state index in [1.165, 1.54) is 12.1 Å². The molecule has 2 fully saturated rings. The van der Waals surface area contributed by atoms with Gasteiger partial charge in [0.1, 0.15) is 29.3 Å². The fourth-order valence-corrected chi connectivity index (χ4v) is 5.08. The number of carboxylic acids is 1. The molecule has 216 valence electrons. The minimum Gasteiger partial charge on any atom is -0.477 e. The molecule has 2 aliphatic rings. The summed E-state index contributed by atoms with van der Waals surface area (Å²) in [7, 11) is 0. The number of carbonyl (C=O) groups is 1. The summed E-state index contributed by atoms with van der Waals surface area (Å²) < 4.78 is 28.0. The van der Waals surface area contributed by atoms with Crippen LogP contribution in [0.3, 0.4) is 0 Å². The summed E-state index contributed by atoms with van der Waals surface area (Å²) in [6.07, 6.45) is 5.66. The lowest BCUT2D eigenvalue weighted by molar-refractivity contribution is -0.129. The van der Waals surface area contributed by atoms with Gasteiger partial charge in [0.25, 0.3) is 0 Å². The number of hydrogen-bond donors (Lipinski definition) is 1. The number of imidazole rings is 1. The number of hydrogen-bond acceptors (Lipinski definition) is 8. The Bertz CT molecular complexity index is 1450. The molecule has 3 aromatic rings. The highest BCUT2D eigenvalue weighted by molar-refractivity contribution is 6.40. The third-order valence-corrected chi connectivity index (χ3v) is 7.47. The molecule has 1 atom stereocenters. The van der Waals surface area contributed by atoms with Crippen LogP contribution in [-0.4, -0.2) is 73.1 Å². The van der Waals surface area contributed by atoms with Gasteiger partial charge in [0.15, 0.2) is 5.82 Å². The molecule has 1 N–H and O–H groups in total. The Morgan fingerprint density at radius 1 is 1.29 bits per heavy atom. The first-order valence-electron chi connectivity index (χ1n) is 13.6. The van der Waals surface area contributed by atoms with Crippen LogP contribution < -0.4 is 4.74 Å². The Balaban J connectivity index is 1.22. The van der Waals surface area contributed by atoms with Crippen molar-refractivity contribution in [2.75, 3.05) is 19.7 Å². The van der Waals surface area contributed by atoms with E-state index in [4.69, 9.17) is 26.1 Å². The van der Waals surface area contributed by atoms with Crippen LogP contribution in [-0.2, 0) is 29.0 Å². The van der Waals surface area contributed by atoms with Gasteiger partial charge in [0.05, 0.1) is 24.9 Å². The molecule has 2 aromatic heterocycles. The first-order valence-corrected chi connectivity index (χ1v) is 13.9. The van der Waals surface area contributed by atoms with E-state index in [1.807, 2.05) is 11.5 Å². The molecule has 0 saturated carbocycles. The van der Waals surface area contributed by atoms with Crippen LogP contribution in [0.1, 0.15) is 42.2 Å². The van der Waals surface area contributed by atoms with Crippen molar-refractivity contribution in [1.82, 2.24) is 24.4 Å². The summed E-state index contributed by atoms with van der Waals surface area (Å²) in [6.45, 7) is 8.87. The largest absolute Gasteiger partial charge is 0.477 e. The zero-order valence-electron chi connectivity index (χ0n) is 22.8. The Labute approximate surface area is 242 Å². The first kappa shape index (κ1) is 28.8. The van der Waals surface area contributed by atoms with Crippen molar-refractivity contribution in [2.24, 2.45) is 4.99 Å². The number of benzene rings is 1. The minimum atomic E-state index is -1.14. The maximum absolute atomic E-state index is 14.2. The zero-order valence-corrected chi connectivity index (χ0v) is 23.6. The Morgan fingerprint density at radius 3 is 2.73 bits per heavy atom. The van der Waals surface area contributed by atoms with Crippen LogP contribution in [0, 0.1) is 12.7 Å². The van der Waals surface area contributed by atoms with Gasteiger partial charge >= 0.3 is 5.97 Å². The highest BCUT2D eigenvalue weighted by atomic mass is 35.5. The quantitative estimate of drug-likeness (QED) is 0.328. The number of aryl methyl sites for hydroxylation is 1. The number of carboxylic acid groups (broad SMARTS) is 1. The molecule has 0 unspecified atom stereocenters. The van der Waals surface area contributed by atoms with Crippen molar-refractivity contribution in [3.63, 3.8) is 0 Å². The molecule has 0 bridgehead atoms. The van der Waals surface area contributed by atoms with Crippen LogP contribution in [0.25, 0.3) is 0 Å². The SMILES string of the molecule is C=CC(=Nc1c(C)nc(CN2CCC(Oc3ccnc(Cc4ccc(Cl)cc4F)n3)CC2)n1C[C@@H]1CCO1)C(=O)O. The summed E-state index contributed by atoms with van der Waals surface area (Å²) in [5.74, 6) is 0.749. The molecule has 10 nitrogen and oxygen atoms in total. The molecule has 2 aliphatic heterocycles. The Kier molecular flexibility index (Phi) is 9.06. The average Bonchev–Trinajstić information content (AvgIpc) is 3.20. The fourth-order valence-electron chi connectivity index (χ4n) is 4.92. The predicted octanol–water partition coefficient (Wildman–Crippen LogP) is 4.54. The van der Waals surface area contributed by atoms with Gasteiger partial charge in [-0.05, 0) is 50.0 Å². The Morgan fingerprint density at radius 2 is 2.07 bits per heavy atom. The molecule has 12 heteroatoms. The summed E-state index contributed by atoms with van der Waals surface area (Å²) in [4.78, 5) is 31.7. The van der Waals surface area contributed by atoms with E-state index >= 15 is 0 Å². The lowest BCUT2D eigenvalue weighted by Gasteiger charge is -2.32. The van der Waals surface area contributed by atoms with Gasteiger partial charge < -0.3 is 19.1 Å². The van der Waals surface area contributed by atoms with Crippen molar-refractivity contribution >= 4 is 29.1 Å². The first-order chi connectivity index (χ1) is 19.8. The third-order valence-electron chi connectivity index (χ3n) is 7.24. The van der Waals surface area contributed by atoms with Gasteiger partial charge in [0, 0.05) is 43.4 Å². The zero-order chi connectivity index (χ0) is 28.9. The van der Waals surface area contributed by atoms with E-state index in [-0.39, 0.29) is 24.3 Å². The topological polar surface area (TPSA) is 115 Å². The number of piperidine rings is 1. The maximum atomic E-state index is 14.2. The highest BCUT2D eigenvalue weighted by Crippen LogP contribution is 2.27. The van der Waals surface area contributed by atoms with E-state index in [1.54, 1.807) is 24.4 Å². The van der Waals surface area contributed by atoms with Gasteiger partial charge in [-0.1, -0.05) is 24.2 Å².